The fourth-order valence-corrected chi connectivity index (χ4v) is 3.08. The van der Waals surface area contributed by atoms with E-state index in [2.05, 4.69) is 20.4 Å². The predicted octanol–water partition coefficient (Wildman–Crippen LogP) is 2.41. The number of carbonyl (C=O) groups is 1. The maximum absolute atomic E-state index is 12.5. The van der Waals surface area contributed by atoms with Crippen molar-refractivity contribution in [3.8, 4) is 16.5 Å². The van der Waals surface area contributed by atoms with E-state index in [4.69, 9.17) is 4.74 Å². The van der Waals surface area contributed by atoms with Crippen LogP contribution in [0.2, 0.25) is 0 Å². The molecule has 4 rings (SSSR count). The molecule has 8 nitrogen and oxygen atoms in total. The Hall–Kier alpha value is -3.46. The van der Waals surface area contributed by atoms with E-state index in [0.717, 1.165) is 4.88 Å². The van der Waals surface area contributed by atoms with Gasteiger partial charge in [0.15, 0.2) is 5.82 Å². The number of anilines is 1. The number of hydrogen-bond acceptors (Lipinski definition) is 6. The van der Waals surface area contributed by atoms with Crippen LogP contribution in [-0.2, 0) is 0 Å². The quantitative estimate of drug-likeness (QED) is 0.577. The van der Waals surface area contributed by atoms with Crippen molar-refractivity contribution in [3.63, 3.8) is 0 Å². The number of thiophene rings is 1. The van der Waals surface area contributed by atoms with Crippen LogP contribution in [0.5, 0.6) is 5.75 Å². The second-order valence-electron chi connectivity index (χ2n) is 5.35. The van der Waals surface area contributed by atoms with Crippen molar-refractivity contribution in [2.24, 2.45) is 0 Å². The number of nitrogens with zero attached hydrogens (tertiary/aromatic N) is 3. The lowest BCUT2D eigenvalue weighted by atomic mass is 10.2. The van der Waals surface area contributed by atoms with Gasteiger partial charge >= 0.3 is 0 Å². The third kappa shape index (κ3) is 2.95. The molecule has 1 amide bonds. The Balaban J connectivity index is 1.71. The molecule has 9 heteroatoms. The molecule has 3 heterocycles. The number of carbonyl (C=O) groups excluding carboxylic acids is 1. The standard InChI is InChI=1S/C17H13N5O3S/c1-25-11-6-4-10(5-7-11)16(24)18-13-9-14(23)19-17-20-15(21-22(13)17)12-3-2-8-26-12/h2-9H,1H3,(H,18,24)(H,19,20,21,23). The number of rotatable bonds is 4. The van der Waals surface area contributed by atoms with E-state index in [-0.39, 0.29) is 23.1 Å². The third-order valence-corrected chi connectivity index (χ3v) is 4.54. The molecule has 0 saturated carbocycles. The van der Waals surface area contributed by atoms with Gasteiger partial charge in [0, 0.05) is 11.6 Å². The van der Waals surface area contributed by atoms with Crippen molar-refractivity contribution in [1.29, 1.82) is 0 Å². The number of methoxy groups -OCH3 is 1. The first kappa shape index (κ1) is 16.0. The number of amides is 1. The van der Waals surface area contributed by atoms with Gasteiger partial charge in [-0.25, -0.2) is 0 Å². The fourth-order valence-electron chi connectivity index (χ4n) is 2.42. The highest BCUT2D eigenvalue weighted by Crippen LogP contribution is 2.22. The highest BCUT2D eigenvalue weighted by Gasteiger charge is 2.14. The predicted molar refractivity (Wildman–Crippen MR) is 97.9 cm³/mol. The Morgan fingerprint density at radius 2 is 2.08 bits per heavy atom. The maximum Gasteiger partial charge on any atom is 0.256 e. The summed E-state index contributed by atoms with van der Waals surface area (Å²) in [7, 11) is 1.55. The highest BCUT2D eigenvalue weighted by molar-refractivity contribution is 7.13. The van der Waals surface area contributed by atoms with E-state index in [9.17, 15) is 9.59 Å². The number of nitrogens with one attached hydrogen (secondary N) is 2. The summed E-state index contributed by atoms with van der Waals surface area (Å²) in [5, 5.41) is 9.00. The van der Waals surface area contributed by atoms with Crippen LogP contribution in [-0.4, -0.2) is 32.6 Å². The SMILES string of the molecule is COc1ccc(C(=O)Nc2cc(=O)[nH]c3nc(-c4cccs4)nn23)cc1. The van der Waals surface area contributed by atoms with Gasteiger partial charge in [0.05, 0.1) is 12.0 Å². The lowest BCUT2D eigenvalue weighted by Gasteiger charge is -2.07. The zero-order valence-electron chi connectivity index (χ0n) is 13.6. The first-order chi connectivity index (χ1) is 12.6. The van der Waals surface area contributed by atoms with Crippen molar-refractivity contribution in [1.82, 2.24) is 19.6 Å². The molecule has 0 aliphatic rings. The molecular weight excluding hydrogens is 354 g/mol. The first-order valence-corrected chi connectivity index (χ1v) is 8.51. The van der Waals surface area contributed by atoms with Crippen molar-refractivity contribution in [3.05, 3.63) is 63.8 Å². The number of H-pyrrole nitrogens is 1. The van der Waals surface area contributed by atoms with Gasteiger partial charge in [-0.2, -0.15) is 9.50 Å². The van der Waals surface area contributed by atoms with E-state index < -0.39 is 0 Å². The number of benzene rings is 1. The summed E-state index contributed by atoms with van der Waals surface area (Å²) in [6.45, 7) is 0. The molecule has 0 saturated heterocycles. The van der Waals surface area contributed by atoms with Crippen molar-refractivity contribution < 1.29 is 9.53 Å². The lowest BCUT2D eigenvalue weighted by Crippen LogP contribution is -2.18. The highest BCUT2D eigenvalue weighted by atomic mass is 32.1. The van der Waals surface area contributed by atoms with E-state index in [0.29, 0.717) is 17.1 Å². The first-order valence-electron chi connectivity index (χ1n) is 7.63. The normalized spacial score (nSPS) is 10.8. The Kier molecular flexibility index (Phi) is 3.98. The van der Waals surface area contributed by atoms with E-state index in [1.54, 1.807) is 31.4 Å². The molecule has 0 atom stereocenters. The summed E-state index contributed by atoms with van der Waals surface area (Å²) < 4.78 is 6.48. The van der Waals surface area contributed by atoms with Crippen LogP contribution in [0.3, 0.4) is 0 Å². The molecule has 0 radical (unpaired) electrons. The number of fused-ring (bicyclic) bond motifs is 1. The molecule has 130 valence electrons. The Morgan fingerprint density at radius 3 is 2.77 bits per heavy atom. The lowest BCUT2D eigenvalue weighted by molar-refractivity contribution is 0.102. The van der Waals surface area contributed by atoms with E-state index in [1.807, 2.05) is 17.5 Å². The van der Waals surface area contributed by atoms with Crippen molar-refractivity contribution in [2.45, 2.75) is 0 Å². The summed E-state index contributed by atoms with van der Waals surface area (Å²) in [5.74, 6) is 1.25. The van der Waals surface area contributed by atoms with Crippen molar-refractivity contribution >= 4 is 28.8 Å². The molecule has 0 unspecified atom stereocenters. The van der Waals surface area contributed by atoms with Crippen LogP contribution in [0.25, 0.3) is 16.5 Å². The average Bonchev–Trinajstić information content (AvgIpc) is 3.31. The van der Waals surface area contributed by atoms with Gasteiger partial charge in [-0.1, -0.05) is 6.07 Å². The number of aromatic amines is 1. The van der Waals surface area contributed by atoms with Crippen LogP contribution in [0, 0.1) is 0 Å². The number of aromatic nitrogens is 4. The largest absolute Gasteiger partial charge is 0.497 e. The second kappa shape index (κ2) is 6.45. The summed E-state index contributed by atoms with van der Waals surface area (Å²) >= 11 is 1.49. The Labute approximate surface area is 151 Å². The summed E-state index contributed by atoms with van der Waals surface area (Å²) in [6, 6.07) is 11.7. The summed E-state index contributed by atoms with van der Waals surface area (Å²) in [5.41, 5.74) is 0.0467. The summed E-state index contributed by atoms with van der Waals surface area (Å²) in [6.07, 6.45) is 0. The number of ether oxygens (including phenoxy) is 1. The minimum atomic E-state index is -0.382. The monoisotopic (exact) mass is 367 g/mol. The number of hydrogen-bond donors (Lipinski definition) is 2. The van der Waals surface area contributed by atoms with Crippen LogP contribution in [0.4, 0.5) is 5.82 Å². The van der Waals surface area contributed by atoms with Gasteiger partial charge in [0.1, 0.15) is 11.6 Å². The molecule has 0 bridgehead atoms. The molecule has 2 N–H and O–H groups in total. The van der Waals surface area contributed by atoms with Crippen LogP contribution >= 0.6 is 11.3 Å². The van der Waals surface area contributed by atoms with Gasteiger partial charge in [-0.15, -0.1) is 16.4 Å². The van der Waals surface area contributed by atoms with E-state index in [1.165, 1.54) is 21.9 Å². The van der Waals surface area contributed by atoms with Crippen LogP contribution in [0.15, 0.2) is 52.6 Å². The van der Waals surface area contributed by atoms with Crippen molar-refractivity contribution in [2.75, 3.05) is 12.4 Å². The minimum absolute atomic E-state index is 0.236. The second-order valence-corrected chi connectivity index (χ2v) is 6.30. The zero-order valence-corrected chi connectivity index (χ0v) is 14.4. The average molecular weight is 367 g/mol. The van der Waals surface area contributed by atoms with Gasteiger partial charge in [-0.05, 0) is 35.7 Å². The van der Waals surface area contributed by atoms with Crippen LogP contribution < -0.4 is 15.6 Å². The van der Waals surface area contributed by atoms with Gasteiger partial charge in [0.2, 0.25) is 5.78 Å². The van der Waals surface area contributed by atoms with E-state index >= 15 is 0 Å². The minimum Gasteiger partial charge on any atom is -0.497 e. The molecule has 0 fully saturated rings. The molecule has 0 aliphatic carbocycles. The Bertz CT molecular complexity index is 1130. The Morgan fingerprint density at radius 1 is 1.27 bits per heavy atom. The zero-order chi connectivity index (χ0) is 18.1. The molecule has 3 aromatic heterocycles. The fraction of sp³-hybridized carbons (Fsp3) is 0.0588. The maximum atomic E-state index is 12.5. The van der Waals surface area contributed by atoms with Crippen LogP contribution in [0.1, 0.15) is 10.4 Å². The molecule has 0 spiro atoms. The molecule has 4 aromatic rings. The summed E-state index contributed by atoms with van der Waals surface area (Å²) in [4.78, 5) is 32.2. The topological polar surface area (TPSA) is 101 Å². The van der Waals surface area contributed by atoms with Gasteiger partial charge in [0.25, 0.3) is 11.5 Å². The molecular formula is C17H13N5O3S. The molecule has 0 aliphatic heterocycles. The molecule has 1 aromatic carbocycles. The van der Waals surface area contributed by atoms with Gasteiger partial charge < -0.3 is 10.1 Å². The molecule has 26 heavy (non-hydrogen) atoms. The third-order valence-electron chi connectivity index (χ3n) is 3.67. The smallest absolute Gasteiger partial charge is 0.256 e. The van der Waals surface area contributed by atoms with Gasteiger partial charge in [-0.3, -0.25) is 14.6 Å².